The zero-order valence-electron chi connectivity index (χ0n) is 5.63. The van der Waals surface area contributed by atoms with Gasteiger partial charge in [-0.2, -0.15) is 0 Å². The Morgan fingerprint density at radius 3 is 2.78 bits per heavy atom. The second kappa shape index (κ2) is 2.38. The molecule has 0 saturated heterocycles. The molecule has 0 aromatic carbocycles. The number of carboxylic acids is 1. The third-order valence-corrected chi connectivity index (χ3v) is 1.90. The van der Waals surface area contributed by atoms with E-state index < -0.39 is 5.97 Å². The Morgan fingerprint density at radius 2 is 2.44 bits per heavy atom. The minimum atomic E-state index is -0.603. The Kier molecular flexibility index (Phi) is 1.74. The van der Waals surface area contributed by atoms with E-state index in [4.69, 9.17) is 5.11 Å². The van der Waals surface area contributed by atoms with Gasteiger partial charge in [0.2, 0.25) is 0 Å². The Morgan fingerprint density at radius 1 is 1.78 bits per heavy atom. The molecule has 9 heavy (non-hydrogen) atoms. The first kappa shape index (κ1) is 6.59. The molecule has 1 rings (SSSR count). The lowest BCUT2D eigenvalue weighted by molar-refractivity contribution is -0.138. The zero-order valence-corrected chi connectivity index (χ0v) is 5.63. The highest BCUT2D eigenvalue weighted by molar-refractivity contribution is 5.73. The van der Waals surface area contributed by atoms with Crippen molar-refractivity contribution in [1.82, 2.24) is 0 Å². The highest BCUT2D eigenvalue weighted by atomic mass is 16.4. The van der Waals surface area contributed by atoms with Gasteiger partial charge >= 0.3 is 5.97 Å². The average molecular weight is 128 g/mol. The van der Waals surface area contributed by atoms with Crippen molar-refractivity contribution in [2.24, 2.45) is 11.8 Å². The number of rotatable bonds is 3. The Bertz CT molecular complexity index is 120. The van der Waals surface area contributed by atoms with Crippen molar-refractivity contribution in [3.05, 3.63) is 0 Å². The summed E-state index contributed by atoms with van der Waals surface area (Å²) in [6.07, 6.45) is 3.13. The van der Waals surface area contributed by atoms with Gasteiger partial charge in [0.25, 0.3) is 0 Å². The summed E-state index contributed by atoms with van der Waals surface area (Å²) in [7, 11) is 0. The molecule has 0 spiro atoms. The van der Waals surface area contributed by atoms with Gasteiger partial charge in [-0.1, -0.05) is 13.3 Å². The van der Waals surface area contributed by atoms with E-state index in [1.807, 2.05) is 0 Å². The maximum atomic E-state index is 10.2. The van der Waals surface area contributed by atoms with Gasteiger partial charge in [0.15, 0.2) is 0 Å². The molecular weight excluding hydrogens is 116 g/mol. The summed E-state index contributed by atoms with van der Waals surface area (Å²) in [4.78, 5) is 10.2. The van der Waals surface area contributed by atoms with Crippen LogP contribution in [0.1, 0.15) is 26.2 Å². The van der Waals surface area contributed by atoms with E-state index >= 15 is 0 Å². The first-order valence-corrected chi connectivity index (χ1v) is 3.48. The minimum Gasteiger partial charge on any atom is -0.481 e. The molecule has 2 atom stereocenters. The summed E-state index contributed by atoms with van der Waals surface area (Å²) in [5.74, 6) is -0.0918. The fourth-order valence-corrected chi connectivity index (χ4v) is 1.24. The summed E-state index contributed by atoms with van der Waals surface area (Å²) < 4.78 is 0. The van der Waals surface area contributed by atoms with Crippen molar-refractivity contribution in [3.8, 4) is 0 Å². The quantitative estimate of drug-likeness (QED) is 0.625. The van der Waals surface area contributed by atoms with Crippen molar-refractivity contribution in [3.63, 3.8) is 0 Å². The van der Waals surface area contributed by atoms with E-state index in [1.165, 1.54) is 0 Å². The van der Waals surface area contributed by atoms with Crippen LogP contribution in [0, 0.1) is 11.8 Å². The Labute approximate surface area is 54.9 Å². The Balaban J connectivity index is 2.17. The number of aliphatic carboxylic acids is 1. The van der Waals surface area contributed by atoms with Gasteiger partial charge in [-0.15, -0.1) is 0 Å². The fraction of sp³-hybridized carbons (Fsp3) is 0.857. The zero-order chi connectivity index (χ0) is 6.85. The van der Waals surface area contributed by atoms with Gasteiger partial charge < -0.3 is 5.11 Å². The van der Waals surface area contributed by atoms with Gasteiger partial charge in [-0.05, 0) is 18.8 Å². The lowest BCUT2D eigenvalue weighted by Gasteiger charge is -1.89. The molecule has 0 aromatic heterocycles. The summed E-state index contributed by atoms with van der Waals surface area (Å²) >= 11 is 0. The smallest absolute Gasteiger partial charge is 0.306 e. The van der Waals surface area contributed by atoms with Crippen molar-refractivity contribution < 1.29 is 9.90 Å². The molecule has 0 aromatic rings. The molecule has 1 saturated carbocycles. The van der Waals surface area contributed by atoms with Crippen molar-refractivity contribution in [2.45, 2.75) is 26.2 Å². The van der Waals surface area contributed by atoms with E-state index in [0.29, 0.717) is 5.92 Å². The van der Waals surface area contributed by atoms with Crippen LogP contribution in [0.5, 0.6) is 0 Å². The largest absolute Gasteiger partial charge is 0.481 e. The first-order chi connectivity index (χ1) is 4.25. The number of hydrogen-bond donors (Lipinski definition) is 1. The molecule has 1 aliphatic rings. The normalized spacial score (nSPS) is 32.1. The van der Waals surface area contributed by atoms with Crippen LogP contribution in [0.25, 0.3) is 0 Å². The van der Waals surface area contributed by atoms with Gasteiger partial charge in [0.05, 0.1) is 5.92 Å². The maximum Gasteiger partial charge on any atom is 0.306 e. The van der Waals surface area contributed by atoms with Crippen LogP contribution in [-0.4, -0.2) is 11.1 Å². The highest BCUT2D eigenvalue weighted by Crippen LogP contribution is 2.41. The Hall–Kier alpha value is -0.530. The average Bonchev–Trinajstić information content (AvgIpc) is 2.47. The molecule has 0 amide bonds. The van der Waals surface area contributed by atoms with Crippen LogP contribution in [0.2, 0.25) is 0 Å². The molecule has 0 bridgehead atoms. The van der Waals surface area contributed by atoms with Crippen LogP contribution in [0.15, 0.2) is 0 Å². The molecule has 1 fully saturated rings. The van der Waals surface area contributed by atoms with Gasteiger partial charge in [-0.25, -0.2) is 0 Å². The van der Waals surface area contributed by atoms with Gasteiger partial charge in [-0.3, -0.25) is 4.79 Å². The lowest BCUT2D eigenvalue weighted by atomic mass is 10.2. The summed E-state index contributed by atoms with van der Waals surface area (Å²) in [5, 5.41) is 8.45. The molecule has 1 aliphatic carbocycles. The molecule has 1 N–H and O–H groups in total. The van der Waals surface area contributed by atoms with E-state index in [-0.39, 0.29) is 5.92 Å². The number of carbonyl (C=O) groups is 1. The summed E-state index contributed by atoms with van der Waals surface area (Å²) in [6, 6.07) is 0. The molecule has 0 heterocycles. The predicted octanol–water partition coefficient (Wildman–Crippen LogP) is 1.51. The third kappa shape index (κ3) is 1.44. The molecular formula is C7H12O2. The van der Waals surface area contributed by atoms with Crippen LogP contribution in [0.3, 0.4) is 0 Å². The van der Waals surface area contributed by atoms with Crippen LogP contribution in [-0.2, 0) is 4.79 Å². The molecule has 2 heteroatoms. The molecule has 0 radical (unpaired) electrons. The first-order valence-electron chi connectivity index (χ1n) is 3.48. The standard InChI is InChI=1S/C7H12O2/c1-2-3-5-4-6(5)7(8)9/h5-6H,2-4H2,1H3,(H,8,9)/t5-,6-/m1/s1. The van der Waals surface area contributed by atoms with Crippen molar-refractivity contribution in [1.29, 1.82) is 0 Å². The minimum absolute atomic E-state index is 0.00458. The number of hydrogen-bond acceptors (Lipinski definition) is 1. The van der Waals surface area contributed by atoms with Crippen molar-refractivity contribution >= 4 is 5.97 Å². The summed E-state index contributed by atoms with van der Waals surface area (Å²) in [5.41, 5.74) is 0. The lowest BCUT2D eigenvalue weighted by Crippen LogP contribution is -1.98. The van der Waals surface area contributed by atoms with E-state index in [2.05, 4.69) is 6.92 Å². The van der Waals surface area contributed by atoms with Crippen LogP contribution in [0.4, 0.5) is 0 Å². The molecule has 0 unspecified atom stereocenters. The highest BCUT2D eigenvalue weighted by Gasteiger charge is 2.41. The van der Waals surface area contributed by atoms with E-state index in [1.54, 1.807) is 0 Å². The second-order valence-corrected chi connectivity index (χ2v) is 2.73. The maximum absolute atomic E-state index is 10.2. The summed E-state index contributed by atoms with van der Waals surface area (Å²) in [6.45, 7) is 2.09. The monoisotopic (exact) mass is 128 g/mol. The van der Waals surface area contributed by atoms with Crippen LogP contribution < -0.4 is 0 Å². The molecule has 0 aliphatic heterocycles. The van der Waals surface area contributed by atoms with Crippen molar-refractivity contribution in [2.75, 3.05) is 0 Å². The third-order valence-electron chi connectivity index (χ3n) is 1.90. The molecule has 52 valence electrons. The topological polar surface area (TPSA) is 37.3 Å². The van der Waals surface area contributed by atoms with Gasteiger partial charge in [0, 0.05) is 0 Å². The second-order valence-electron chi connectivity index (χ2n) is 2.73. The molecule has 2 nitrogen and oxygen atoms in total. The van der Waals surface area contributed by atoms with Crippen LogP contribution >= 0.6 is 0 Å². The van der Waals surface area contributed by atoms with E-state index in [9.17, 15) is 4.79 Å². The predicted molar refractivity (Wildman–Crippen MR) is 34.1 cm³/mol. The van der Waals surface area contributed by atoms with Gasteiger partial charge in [0.1, 0.15) is 0 Å². The number of carboxylic acid groups (broad SMARTS) is 1. The van der Waals surface area contributed by atoms with E-state index in [0.717, 1.165) is 19.3 Å². The fourth-order valence-electron chi connectivity index (χ4n) is 1.24. The SMILES string of the molecule is CCC[C@@H]1C[C@H]1C(=O)O.